The first-order valence-electron chi connectivity index (χ1n) is 11.6. The summed E-state index contributed by atoms with van der Waals surface area (Å²) in [4.78, 5) is 42.2. The second-order valence-corrected chi connectivity index (χ2v) is 9.57. The van der Waals surface area contributed by atoms with E-state index in [4.69, 9.17) is 0 Å². The highest BCUT2D eigenvalue weighted by Gasteiger charge is 2.70. The predicted molar refractivity (Wildman–Crippen MR) is 124 cm³/mol. The fourth-order valence-electron chi connectivity index (χ4n) is 5.92. The number of fused-ring (bicyclic) bond motifs is 4. The summed E-state index contributed by atoms with van der Waals surface area (Å²) in [5.74, 6) is -1.97. The molecule has 3 aliphatic rings. The van der Waals surface area contributed by atoms with E-state index >= 15 is 0 Å². The van der Waals surface area contributed by atoms with Crippen molar-refractivity contribution in [1.29, 1.82) is 0 Å². The molecule has 3 amide bonds. The number of unbranched alkanes of at least 4 members (excludes halogenated alkanes) is 1. The summed E-state index contributed by atoms with van der Waals surface area (Å²) in [7, 11) is 0. The quantitative estimate of drug-likeness (QED) is 0.613. The van der Waals surface area contributed by atoms with Gasteiger partial charge in [0.05, 0.1) is 11.8 Å². The van der Waals surface area contributed by atoms with E-state index in [0.29, 0.717) is 13.0 Å². The zero-order valence-corrected chi connectivity index (χ0v) is 19.1. The van der Waals surface area contributed by atoms with E-state index in [0.717, 1.165) is 40.8 Å². The smallest absolute Gasteiger partial charge is 0.250 e. The normalized spacial score (nSPS) is 27.9. The Kier molecular flexibility index (Phi) is 5.05. The molecule has 0 bridgehead atoms. The van der Waals surface area contributed by atoms with Gasteiger partial charge < -0.3 is 10.4 Å². The highest BCUT2D eigenvalue weighted by molar-refractivity contribution is 6.15. The van der Waals surface area contributed by atoms with Crippen LogP contribution >= 0.6 is 0 Å². The molecule has 0 aliphatic carbocycles. The van der Waals surface area contributed by atoms with E-state index in [1.54, 1.807) is 12.1 Å². The van der Waals surface area contributed by atoms with Gasteiger partial charge in [-0.05, 0) is 49.9 Å². The second-order valence-electron chi connectivity index (χ2n) is 9.57. The summed E-state index contributed by atoms with van der Waals surface area (Å²) in [6, 6.07) is 10.4. The molecule has 33 heavy (non-hydrogen) atoms. The number of aryl methyl sites for hydroxylation is 2. The Morgan fingerprint density at radius 2 is 1.79 bits per heavy atom. The van der Waals surface area contributed by atoms with Crippen LogP contribution in [0.2, 0.25) is 0 Å². The Morgan fingerprint density at radius 3 is 2.48 bits per heavy atom. The first kappa shape index (κ1) is 21.6. The lowest BCUT2D eigenvalue weighted by Gasteiger charge is -2.30. The summed E-state index contributed by atoms with van der Waals surface area (Å²) in [5, 5.41) is 16.1. The topological polar surface area (TPSA) is 98.7 Å². The number of anilines is 1. The van der Waals surface area contributed by atoms with Gasteiger partial charge >= 0.3 is 0 Å². The summed E-state index contributed by atoms with van der Waals surface area (Å²) in [5.41, 5.74) is 3.08. The number of nitrogens with one attached hydrogen (secondary N) is 2. The largest absolute Gasteiger partial charge is 0.508 e. The molecule has 0 saturated carbocycles. The minimum atomic E-state index is -1.27. The van der Waals surface area contributed by atoms with Gasteiger partial charge in [-0.15, -0.1) is 0 Å². The van der Waals surface area contributed by atoms with Crippen molar-refractivity contribution < 1.29 is 19.5 Å². The summed E-state index contributed by atoms with van der Waals surface area (Å²) in [6.45, 7) is 6.32. The van der Waals surface area contributed by atoms with Crippen LogP contribution in [0.3, 0.4) is 0 Å². The number of phenolic OH excluding ortho intramolecular Hbond substituents is 1. The molecule has 0 aromatic heterocycles. The molecule has 4 atom stereocenters. The number of benzene rings is 2. The fraction of sp³-hybridized carbons (Fsp3) is 0.423. The summed E-state index contributed by atoms with van der Waals surface area (Å²) >= 11 is 0. The van der Waals surface area contributed by atoms with Crippen LogP contribution in [0.1, 0.15) is 42.0 Å². The van der Waals surface area contributed by atoms with E-state index in [-0.39, 0.29) is 29.5 Å². The Bertz CT molecular complexity index is 1160. The third-order valence-electron chi connectivity index (χ3n) is 7.38. The Balaban J connectivity index is 1.63. The number of hydrogen-bond donors (Lipinski definition) is 3. The molecule has 7 nitrogen and oxygen atoms in total. The SMILES string of the molecule is CCCCN1C(=O)[C@H]2[C@@H](C1=O)[C@]1(N[C@@H]2Cc2ccc(O)cc2)C(=O)Nc2c(C)cc(C)cc21. The average Bonchev–Trinajstić information content (AvgIpc) is 3.34. The minimum Gasteiger partial charge on any atom is -0.508 e. The molecule has 3 N–H and O–H groups in total. The van der Waals surface area contributed by atoms with Crippen molar-refractivity contribution >= 4 is 23.4 Å². The number of carbonyl (C=O) groups is 3. The number of likely N-dealkylation sites (tertiary alicyclic amines) is 1. The van der Waals surface area contributed by atoms with Crippen LogP contribution in [-0.4, -0.2) is 40.3 Å². The van der Waals surface area contributed by atoms with Gasteiger partial charge in [0.15, 0.2) is 0 Å². The van der Waals surface area contributed by atoms with Crippen LogP contribution in [0.15, 0.2) is 36.4 Å². The molecule has 2 aromatic carbocycles. The maximum absolute atomic E-state index is 13.7. The number of amides is 3. The van der Waals surface area contributed by atoms with Crippen LogP contribution in [0.4, 0.5) is 5.69 Å². The highest BCUT2D eigenvalue weighted by Crippen LogP contribution is 2.54. The van der Waals surface area contributed by atoms with Crippen molar-refractivity contribution in [3.05, 3.63) is 58.7 Å². The number of aromatic hydroxyl groups is 1. The molecular formula is C26H29N3O4. The lowest BCUT2D eigenvalue weighted by Crippen LogP contribution is -2.53. The first-order chi connectivity index (χ1) is 15.8. The maximum atomic E-state index is 13.7. The van der Waals surface area contributed by atoms with Gasteiger partial charge in [0, 0.05) is 23.8 Å². The zero-order valence-electron chi connectivity index (χ0n) is 19.1. The standard InChI is InChI=1S/C26H29N3O4/c1-4-5-10-29-23(31)20-19(13-16-6-8-17(30)9-7-16)28-26(21(20)24(29)32)18-12-14(2)11-15(3)22(18)27-25(26)33/h6-9,11-12,19-21,28,30H,4-5,10,13H2,1-3H3,(H,27,33)/t19-,20-,21+,26+/m1/s1. The maximum Gasteiger partial charge on any atom is 0.250 e. The molecule has 3 heterocycles. The number of carbonyl (C=O) groups excluding carboxylic acids is 3. The minimum absolute atomic E-state index is 0.167. The fourth-order valence-corrected chi connectivity index (χ4v) is 5.92. The monoisotopic (exact) mass is 447 g/mol. The third-order valence-corrected chi connectivity index (χ3v) is 7.38. The van der Waals surface area contributed by atoms with Crippen molar-refractivity contribution in [2.24, 2.45) is 11.8 Å². The van der Waals surface area contributed by atoms with E-state index in [9.17, 15) is 19.5 Å². The molecule has 2 saturated heterocycles. The average molecular weight is 448 g/mol. The van der Waals surface area contributed by atoms with Gasteiger partial charge in [-0.25, -0.2) is 0 Å². The van der Waals surface area contributed by atoms with E-state index in [1.807, 2.05) is 45.0 Å². The lowest BCUT2D eigenvalue weighted by atomic mass is 9.75. The van der Waals surface area contributed by atoms with E-state index in [2.05, 4.69) is 10.6 Å². The van der Waals surface area contributed by atoms with Crippen molar-refractivity contribution in [3.63, 3.8) is 0 Å². The van der Waals surface area contributed by atoms with Gasteiger partial charge in [-0.3, -0.25) is 24.6 Å². The van der Waals surface area contributed by atoms with Gasteiger partial charge in [0.25, 0.3) is 0 Å². The Morgan fingerprint density at radius 1 is 1.06 bits per heavy atom. The molecule has 0 unspecified atom stereocenters. The molecular weight excluding hydrogens is 418 g/mol. The molecule has 0 radical (unpaired) electrons. The number of phenols is 1. The second kappa shape index (κ2) is 7.70. The van der Waals surface area contributed by atoms with Gasteiger partial charge in [0.2, 0.25) is 17.7 Å². The van der Waals surface area contributed by atoms with Crippen molar-refractivity contribution in [3.8, 4) is 5.75 Å². The zero-order chi connectivity index (χ0) is 23.5. The number of nitrogens with zero attached hydrogens (tertiary/aromatic N) is 1. The summed E-state index contributed by atoms with van der Waals surface area (Å²) in [6.07, 6.45) is 2.08. The summed E-state index contributed by atoms with van der Waals surface area (Å²) < 4.78 is 0. The van der Waals surface area contributed by atoms with Gasteiger partial charge in [0.1, 0.15) is 11.3 Å². The van der Waals surface area contributed by atoms with Crippen LogP contribution in [0, 0.1) is 25.7 Å². The van der Waals surface area contributed by atoms with Crippen molar-refractivity contribution in [2.45, 2.75) is 51.6 Å². The van der Waals surface area contributed by atoms with Crippen LogP contribution in [0.5, 0.6) is 5.75 Å². The lowest BCUT2D eigenvalue weighted by molar-refractivity contribution is -0.142. The predicted octanol–water partition coefficient (Wildman–Crippen LogP) is 2.77. The van der Waals surface area contributed by atoms with Gasteiger partial charge in [-0.2, -0.15) is 0 Å². The van der Waals surface area contributed by atoms with Crippen LogP contribution in [-0.2, 0) is 26.3 Å². The number of rotatable bonds is 5. The van der Waals surface area contributed by atoms with E-state index in [1.165, 1.54) is 4.90 Å². The number of imide groups is 1. The first-order valence-corrected chi connectivity index (χ1v) is 11.6. The molecule has 7 heteroatoms. The molecule has 172 valence electrons. The molecule has 3 aliphatic heterocycles. The Labute approximate surface area is 193 Å². The van der Waals surface area contributed by atoms with E-state index < -0.39 is 17.4 Å². The van der Waals surface area contributed by atoms with Crippen LogP contribution < -0.4 is 10.6 Å². The molecule has 2 fully saturated rings. The van der Waals surface area contributed by atoms with Crippen molar-refractivity contribution in [2.75, 3.05) is 11.9 Å². The molecule has 5 rings (SSSR count). The third kappa shape index (κ3) is 3.09. The molecule has 1 spiro atoms. The Hall–Kier alpha value is -3.19. The molecule has 2 aromatic rings. The van der Waals surface area contributed by atoms with Crippen molar-refractivity contribution in [1.82, 2.24) is 10.2 Å². The number of hydrogen-bond acceptors (Lipinski definition) is 5. The van der Waals surface area contributed by atoms with Gasteiger partial charge in [-0.1, -0.05) is 43.2 Å². The van der Waals surface area contributed by atoms with Crippen LogP contribution in [0.25, 0.3) is 0 Å². The highest BCUT2D eigenvalue weighted by atomic mass is 16.3.